The van der Waals surface area contributed by atoms with Crippen molar-refractivity contribution in [2.45, 2.75) is 44.4 Å². The van der Waals surface area contributed by atoms with Gasteiger partial charge in [0.25, 0.3) is 0 Å². The SMILES string of the molecule is CCCCNC1COC(c2cc(F)ccc2F)C(N)C1. The Hall–Kier alpha value is -1.04. The predicted octanol–water partition coefficient (Wildman–Crippen LogP) is 2.51. The minimum Gasteiger partial charge on any atom is -0.370 e. The van der Waals surface area contributed by atoms with E-state index in [-0.39, 0.29) is 17.6 Å². The van der Waals surface area contributed by atoms with E-state index < -0.39 is 17.7 Å². The molecule has 1 aromatic rings. The number of ether oxygens (including phenoxy) is 1. The molecule has 20 heavy (non-hydrogen) atoms. The van der Waals surface area contributed by atoms with Crippen LogP contribution < -0.4 is 11.1 Å². The number of rotatable bonds is 5. The zero-order valence-corrected chi connectivity index (χ0v) is 11.7. The van der Waals surface area contributed by atoms with E-state index in [4.69, 9.17) is 10.5 Å². The molecule has 0 aliphatic carbocycles. The molecule has 0 saturated carbocycles. The van der Waals surface area contributed by atoms with Gasteiger partial charge < -0.3 is 15.8 Å². The average Bonchev–Trinajstić information content (AvgIpc) is 2.42. The Bertz CT molecular complexity index is 442. The van der Waals surface area contributed by atoms with Crippen molar-refractivity contribution >= 4 is 0 Å². The molecule has 5 heteroatoms. The van der Waals surface area contributed by atoms with E-state index in [1.165, 1.54) is 6.07 Å². The van der Waals surface area contributed by atoms with Crippen molar-refractivity contribution in [3.05, 3.63) is 35.4 Å². The van der Waals surface area contributed by atoms with Crippen LogP contribution in [0.5, 0.6) is 0 Å². The first-order valence-corrected chi connectivity index (χ1v) is 7.17. The van der Waals surface area contributed by atoms with Crippen molar-refractivity contribution in [3.63, 3.8) is 0 Å². The summed E-state index contributed by atoms with van der Waals surface area (Å²) < 4.78 is 32.7. The maximum atomic E-state index is 13.8. The number of halogens is 2. The summed E-state index contributed by atoms with van der Waals surface area (Å²) in [5.41, 5.74) is 6.28. The molecule has 2 rings (SSSR count). The van der Waals surface area contributed by atoms with Gasteiger partial charge in [-0.3, -0.25) is 0 Å². The van der Waals surface area contributed by atoms with E-state index >= 15 is 0 Å². The monoisotopic (exact) mass is 284 g/mol. The van der Waals surface area contributed by atoms with E-state index in [1.54, 1.807) is 0 Å². The normalized spacial score (nSPS) is 26.7. The molecule has 3 nitrogen and oxygen atoms in total. The fourth-order valence-corrected chi connectivity index (χ4v) is 2.54. The van der Waals surface area contributed by atoms with Crippen molar-refractivity contribution in [2.24, 2.45) is 5.73 Å². The summed E-state index contributed by atoms with van der Waals surface area (Å²) in [5.74, 6) is -0.940. The van der Waals surface area contributed by atoms with Gasteiger partial charge >= 0.3 is 0 Å². The van der Waals surface area contributed by atoms with E-state index in [0.717, 1.165) is 31.5 Å². The second kappa shape index (κ2) is 7.11. The third-order valence-electron chi connectivity index (χ3n) is 3.65. The largest absolute Gasteiger partial charge is 0.370 e. The van der Waals surface area contributed by atoms with Crippen LogP contribution in [0.4, 0.5) is 8.78 Å². The molecular formula is C15H22F2N2O. The number of hydrogen-bond donors (Lipinski definition) is 2. The average molecular weight is 284 g/mol. The van der Waals surface area contributed by atoms with Crippen LogP contribution in [0.15, 0.2) is 18.2 Å². The zero-order valence-electron chi connectivity index (χ0n) is 11.7. The fourth-order valence-electron chi connectivity index (χ4n) is 2.54. The summed E-state index contributed by atoms with van der Waals surface area (Å²) in [5, 5.41) is 3.38. The molecule has 3 atom stereocenters. The lowest BCUT2D eigenvalue weighted by Crippen LogP contribution is -2.47. The van der Waals surface area contributed by atoms with Gasteiger partial charge in [-0.15, -0.1) is 0 Å². The maximum absolute atomic E-state index is 13.8. The van der Waals surface area contributed by atoms with E-state index in [0.29, 0.717) is 13.0 Å². The summed E-state index contributed by atoms with van der Waals surface area (Å²) in [6.07, 6.45) is 2.36. The smallest absolute Gasteiger partial charge is 0.129 e. The summed E-state index contributed by atoms with van der Waals surface area (Å²) in [6.45, 7) is 3.53. The second-order valence-electron chi connectivity index (χ2n) is 5.32. The van der Waals surface area contributed by atoms with Crippen molar-refractivity contribution in [3.8, 4) is 0 Å². The molecule has 0 aromatic heterocycles. The molecule has 1 aromatic carbocycles. The van der Waals surface area contributed by atoms with Crippen LogP contribution in [0.25, 0.3) is 0 Å². The summed E-state index contributed by atoms with van der Waals surface area (Å²) in [4.78, 5) is 0. The van der Waals surface area contributed by atoms with Gasteiger partial charge in [-0.05, 0) is 37.6 Å². The van der Waals surface area contributed by atoms with Gasteiger partial charge in [-0.1, -0.05) is 13.3 Å². The first kappa shape index (κ1) is 15.4. The Morgan fingerprint density at radius 2 is 2.20 bits per heavy atom. The highest BCUT2D eigenvalue weighted by atomic mass is 19.1. The number of hydrogen-bond acceptors (Lipinski definition) is 3. The van der Waals surface area contributed by atoms with Crippen molar-refractivity contribution in [1.82, 2.24) is 5.32 Å². The number of benzene rings is 1. The number of nitrogens with one attached hydrogen (secondary N) is 1. The fraction of sp³-hybridized carbons (Fsp3) is 0.600. The Kier molecular flexibility index (Phi) is 5.46. The molecule has 1 aliphatic rings. The first-order chi connectivity index (χ1) is 9.61. The molecule has 3 unspecified atom stereocenters. The van der Waals surface area contributed by atoms with Crippen LogP contribution >= 0.6 is 0 Å². The highest BCUT2D eigenvalue weighted by Crippen LogP contribution is 2.29. The molecule has 1 saturated heterocycles. The highest BCUT2D eigenvalue weighted by molar-refractivity contribution is 5.23. The number of unbranched alkanes of at least 4 members (excludes halogenated alkanes) is 1. The molecule has 1 heterocycles. The van der Waals surface area contributed by atoms with E-state index in [1.807, 2.05) is 0 Å². The molecule has 0 bridgehead atoms. The van der Waals surface area contributed by atoms with Crippen LogP contribution in [-0.2, 0) is 4.74 Å². The molecular weight excluding hydrogens is 262 g/mol. The summed E-state index contributed by atoms with van der Waals surface area (Å²) >= 11 is 0. The van der Waals surface area contributed by atoms with Crippen LogP contribution in [-0.4, -0.2) is 25.2 Å². The van der Waals surface area contributed by atoms with Gasteiger partial charge in [0, 0.05) is 17.6 Å². The van der Waals surface area contributed by atoms with E-state index in [2.05, 4.69) is 12.2 Å². The molecule has 112 valence electrons. The van der Waals surface area contributed by atoms with Crippen LogP contribution in [0.2, 0.25) is 0 Å². The van der Waals surface area contributed by atoms with Gasteiger partial charge in [0.1, 0.15) is 17.7 Å². The maximum Gasteiger partial charge on any atom is 0.129 e. The minimum atomic E-state index is -0.574. The molecule has 0 radical (unpaired) electrons. The molecule has 0 amide bonds. The second-order valence-corrected chi connectivity index (χ2v) is 5.32. The van der Waals surface area contributed by atoms with Gasteiger partial charge in [0.15, 0.2) is 0 Å². The standard InChI is InChI=1S/C15H22F2N2O/c1-2-3-6-19-11-8-14(18)15(20-9-11)12-7-10(16)4-5-13(12)17/h4-5,7,11,14-15,19H,2-3,6,8-9,18H2,1H3. The molecule has 1 aliphatic heterocycles. The predicted molar refractivity (Wildman–Crippen MR) is 74.3 cm³/mol. The van der Waals surface area contributed by atoms with E-state index in [9.17, 15) is 8.78 Å². The topological polar surface area (TPSA) is 47.3 Å². The minimum absolute atomic E-state index is 0.185. The Balaban J connectivity index is 1.97. The van der Waals surface area contributed by atoms with Gasteiger partial charge in [-0.25, -0.2) is 8.78 Å². The Labute approximate surface area is 118 Å². The van der Waals surface area contributed by atoms with Crippen LogP contribution in [0.3, 0.4) is 0 Å². The lowest BCUT2D eigenvalue weighted by Gasteiger charge is -2.35. The first-order valence-electron chi connectivity index (χ1n) is 7.17. The van der Waals surface area contributed by atoms with Gasteiger partial charge in [0.05, 0.1) is 6.61 Å². The lowest BCUT2D eigenvalue weighted by molar-refractivity contribution is -0.0200. The Morgan fingerprint density at radius 1 is 1.40 bits per heavy atom. The third kappa shape index (κ3) is 3.75. The van der Waals surface area contributed by atoms with Crippen molar-refractivity contribution in [1.29, 1.82) is 0 Å². The molecule has 0 spiro atoms. The summed E-state index contributed by atoms with van der Waals surface area (Å²) in [7, 11) is 0. The van der Waals surface area contributed by atoms with Gasteiger partial charge in [-0.2, -0.15) is 0 Å². The van der Waals surface area contributed by atoms with Crippen molar-refractivity contribution < 1.29 is 13.5 Å². The number of nitrogens with two attached hydrogens (primary N) is 1. The molecule has 1 fully saturated rings. The Morgan fingerprint density at radius 3 is 2.90 bits per heavy atom. The van der Waals surface area contributed by atoms with Crippen LogP contribution in [0, 0.1) is 11.6 Å². The van der Waals surface area contributed by atoms with Crippen molar-refractivity contribution in [2.75, 3.05) is 13.2 Å². The summed E-state index contributed by atoms with van der Waals surface area (Å²) in [6, 6.07) is 3.24. The third-order valence-corrected chi connectivity index (χ3v) is 3.65. The van der Waals surface area contributed by atoms with Gasteiger partial charge in [0.2, 0.25) is 0 Å². The highest BCUT2D eigenvalue weighted by Gasteiger charge is 2.31. The quantitative estimate of drug-likeness (QED) is 0.817. The molecule has 3 N–H and O–H groups in total. The lowest BCUT2D eigenvalue weighted by atomic mass is 9.94. The zero-order chi connectivity index (χ0) is 14.5. The van der Waals surface area contributed by atoms with Crippen LogP contribution in [0.1, 0.15) is 37.9 Å².